The molecule has 0 saturated heterocycles. The second-order valence-electron chi connectivity index (χ2n) is 3.91. The van der Waals surface area contributed by atoms with Crippen molar-refractivity contribution in [3.05, 3.63) is 0 Å². The maximum Gasteiger partial charge on any atom is 0.0351 e. The van der Waals surface area contributed by atoms with E-state index in [1.54, 1.807) is 0 Å². The zero-order chi connectivity index (χ0) is 11.5. The quantitative estimate of drug-likeness (QED) is 0.537. The number of hydrogen-bond donors (Lipinski definition) is 0. The minimum atomic E-state index is 0.752. The summed E-state index contributed by atoms with van der Waals surface area (Å²) in [6.07, 6.45) is 2.55. The molecule has 0 atom stereocenters. The maximum absolute atomic E-state index is 5.80. The van der Waals surface area contributed by atoms with E-state index in [0.717, 1.165) is 32.1 Å². The number of hydrogen-bond acceptors (Lipinski definition) is 2. The van der Waals surface area contributed by atoms with Gasteiger partial charge in [0.2, 0.25) is 0 Å². The van der Waals surface area contributed by atoms with Gasteiger partial charge < -0.3 is 9.80 Å². The van der Waals surface area contributed by atoms with Gasteiger partial charge in [-0.25, -0.2) is 0 Å². The van der Waals surface area contributed by atoms with Crippen LogP contribution >= 0.6 is 11.6 Å². The molecule has 0 rings (SSSR count). The van der Waals surface area contributed by atoms with Crippen LogP contribution < -0.4 is 0 Å². The van der Waals surface area contributed by atoms with Crippen LogP contribution in [0.4, 0.5) is 0 Å². The molecule has 0 aliphatic rings. The summed E-state index contributed by atoms with van der Waals surface area (Å²) < 4.78 is 0. The topological polar surface area (TPSA) is 6.48 Å². The summed E-state index contributed by atoms with van der Waals surface area (Å²) in [5.41, 5.74) is 0. The summed E-state index contributed by atoms with van der Waals surface area (Å²) in [6.45, 7) is 13.6. The summed E-state index contributed by atoms with van der Waals surface area (Å²) >= 11 is 5.80. The molecule has 0 spiro atoms. The van der Waals surface area contributed by atoms with E-state index in [1.807, 2.05) is 0 Å². The Hall–Kier alpha value is 0.210. The monoisotopic (exact) mass is 234 g/mol. The van der Waals surface area contributed by atoms with Gasteiger partial charge in [-0.3, -0.25) is 0 Å². The molecule has 15 heavy (non-hydrogen) atoms. The SMILES string of the molecule is CCCCN(CCCl)CCN(CC)CC. The second kappa shape index (κ2) is 10.7. The summed E-state index contributed by atoms with van der Waals surface area (Å²) in [5.74, 6) is 0.752. The van der Waals surface area contributed by atoms with Gasteiger partial charge in [-0.05, 0) is 26.1 Å². The van der Waals surface area contributed by atoms with Crippen LogP contribution in [0, 0.1) is 0 Å². The van der Waals surface area contributed by atoms with Crippen molar-refractivity contribution in [2.75, 3.05) is 45.1 Å². The van der Waals surface area contributed by atoms with Gasteiger partial charge in [0, 0.05) is 25.5 Å². The summed E-state index contributed by atoms with van der Waals surface area (Å²) in [6, 6.07) is 0. The number of alkyl halides is 1. The highest BCUT2D eigenvalue weighted by atomic mass is 35.5. The fourth-order valence-electron chi connectivity index (χ4n) is 1.66. The number of nitrogens with zero attached hydrogens (tertiary/aromatic N) is 2. The summed E-state index contributed by atoms with van der Waals surface area (Å²) in [4.78, 5) is 4.95. The van der Waals surface area contributed by atoms with E-state index in [2.05, 4.69) is 30.6 Å². The molecule has 0 radical (unpaired) electrons. The zero-order valence-corrected chi connectivity index (χ0v) is 11.4. The molecule has 2 nitrogen and oxygen atoms in total. The van der Waals surface area contributed by atoms with E-state index < -0.39 is 0 Å². The van der Waals surface area contributed by atoms with E-state index in [0.29, 0.717) is 0 Å². The van der Waals surface area contributed by atoms with Crippen molar-refractivity contribution in [2.45, 2.75) is 33.6 Å². The number of likely N-dealkylation sites (N-methyl/N-ethyl adjacent to an activating group) is 1. The second-order valence-corrected chi connectivity index (χ2v) is 4.29. The van der Waals surface area contributed by atoms with Crippen LogP contribution in [-0.2, 0) is 0 Å². The Morgan fingerprint density at radius 1 is 0.800 bits per heavy atom. The molecule has 0 aliphatic carbocycles. The Balaban J connectivity index is 3.72. The largest absolute Gasteiger partial charge is 0.303 e. The third-order valence-corrected chi connectivity index (χ3v) is 3.02. The van der Waals surface area contributed by atoms with Crippen LogP contribution in [0.25, 0.3) is 0 Å². The molecule has 0 saturated carbocycles. The van der Waals surface area contributed by atoms with Gasteiger partial charge in [0.1, 0.15) is 0 Å². The van der Waals surface area contributed by atoms with Crippen molar-refractivity contribution in [1.29, 1.82) is 0 Å². The van der Waals surface area contributed by atoms with Crippen molar-refractivity contribution >= 4 is 11.6 Å². The third kappa shape index (κ3) is 8.06. The molecule has 0 heterocycles. The highest BCUT2D eigenvalue weighted by Gasteiger charge is 2.05. The number of unbranched alkanes of at least 4 members (excludes halogenated alkanes) is 1. The molecule has 0 aromatic carbocycles. The smallest absolute Gasteiger partial charge is 0.0351 e. The van der Waals surface area contributed by atoms with Crippen molar-refractivity contribution in [1.82, 2.24) is 9.80 Å². The van der Waals surface area contributed by atoms with Gasteiger partial charge in [-0.1, -0.05) is 27.2 Å². The lowest BCUT2D eigenvalue weighted by Crippen LogP contribution is -2.36. The predicted octanol–water partition coefficient (Wildman–Crippen LogP) is 2.67. The lowest BCUT2D eigenvalue weighted by molar-refractivity contribution is 0.219. The lowest BCUT2D eigenvalue weighted by Gasteiger charge is -2.25. The molecule has 0 bridgehead atoms. The molecule has 92 valence electrons. The highest BCUT2D eigenvalue weighted by Crippen LogP contribution is 1.97. The molecule has 0 aromatic heterocycles. The van der Waals surface area contributed by atoms with Crippen molar-refractivity contribution in [3.63, 3.8) is 0 Å². The summed E-state index contributed by atoms with van der Waals surface area (Å²) in [7, 11) is 0. The minimum Gasteiger partial charge on any atom is -0.303 e. The average molecular weight is 235 g/mol. The van der Waals surface area contributed by atoms with E-state index in [4.69, 9.17) is 11.6 Å². The van der Waals surface area contributed by atoms with Crippen molar-refractivity contribution in [2.24, 2.45) is 0 Å². The molecule has 3 heteroatoms. The highest BCUT2D eigenvalue weighted by molar-refractivity contribution is 6.18. The fourth-order valence-corrected chi connectivity index (χ4v) is 1.90. The molecule has 0 amide bonds. The standard InChI is InChI=1S/C12H27ClN2/c1-4-7-9-15(10-8-13)12-11-14(5-2)6-3/h4-12H2,1-3H3. The number of halogens is 1. The first-order valence-corrected chi connectivity index (χ1v) is 6.82. The van der Waals surface area contributed by atoms with E-state index in [9.17, 15) is 0 Å². The van der Waals surface area contributed by atoms with Gasteiger partial charge in [0.25, 0.3) is 0 Å². The molecular formula is C12H27ClN2. The van der Waals surface area contributed by atoms with Crippen LogP contribution in [0.15, 0.2) is 0 Å². The van der Waals surface area contributed by atoms with Crippen LogP contribution in [0.2, 0.25) is 0 Å². The minimum absolute atomic E-state index is 0.752. The van der Waals surface area contributed by atoms with Crippen LogP contribution in [-0.4, -0.2) is 54.9 Å². The molecule has 0 aromatic rings. The van der Waals surface area contributed by atoms with E-state index in [-0.39, 0.29) is 0 Å². The van der Waals surface area contributed by atoms with Gasteiger partial charge in [0.15, 0.2) is 0 Å². The van der Waals surface area contributed by atoms with Gasteiger partial charge in [0.05, 0.1) is 0 Å². The molecule has 0 N–H and O–H groups in total. The van der Waals surface area contributed by atoms with Gasteiger partial charge >= 0.3 is 0 Å². The van der Waals surface area contributed by atoms with Crippen molar-refractivity contribution in [3.8, 4) is 0 Å². The third-order valence-electron chi connectivity index (χ3n) is 2.86. The van der Waals surface area contributed by atoms with Crippen LogP contribution in [0.5, 0.6) is 0 Å². The first-order valence-electron chi connectivity index (χ1n) is 6.29. The molecule has 0 unspecified atom stereocenters. The fraction of sp³-hybridized carbons (Fsp3) is 1.00. The van der Waals surface area contributed by atoms with Gasteiger partial charge in [-0.2, -0.15) is 0 Å². The Morgan fingerprint density at radius 2 is 1.40 bits per heavy atom. The summed E-state index contributed by atoms with van der Waals surface area (Å²) in [5, 5.41) is 0. The molecule has 0 aliphatic heterocycles. The number of rotatable bonds is 10. The first kappa shape index (κ1) is 15.2. The van der Waals surface area contributed by atoms with Crippen LogP contribution in [0.1, 0.15) is 33.6 Å². The normalized spacial score (nSPS) is 11.6. The molecule has 0 fully saturated rings. The van der Waals surface area contributed by atoms with Gasteiger partial charge in [-0.15, -0.1) is 11.6 Å². The van der Waals surface area contributed by atoms with Crippen LogP contribution in [0.3, 0.4) is 0 Å². The molecular weight excluding hydrogens is 208 g/mol. The van der Waals surface area contributed by atoms with E-state index in [1.165, 1.54) is 25.9 Å². The Kier molecular flexibility index (Phi) is 10.9. The average Bonchev–Trinajstić information content (AvgIpc) is 2.27. The predicted molar refractivity (Wildman–Crippen MR) is 69.9 cm³/mol. The van der Waals surface area contributed by atoms with E-state index >= 15 is 0 Å². The Morgan fingerprint density at radius 3 is 1.87 bits per heavy atom. The Bertz CT molecular complexity index is 127. The zero-order valence-electron chi connectivity index (χ0n) is 10.6. The lowest BCUT2D eigenvalue weighted by atomic mass is 10.3. The maximum atomic E-state index is 5.80. The van der Waals surface area contributed by atoms with Crippen molar-refractivity contribution < 1.29 is 0 Å². The Labute approximate surface area is 101 Å². The first-order chi connectivity index (χ1) is 7.28.